The lowest BCUT2D eigenvalue weighted by atomic mass is 10.2. The lowest BCUT2D eigenvalue weighted by Gasteiger charge is -2.20. The number of rotatable bonds is 5. The molecular formula is C13H18BrFN2O. The minimum absolute atomic E-state index is 0.0543. The molecule has 0 bridgehead atoms. The van der Waals surface area contributed by atoms with Crippen LogP contribution in [0.2, 0.25) is 0 Å². The normalized spacial score (nSPS) is 12.3. The number of nitrogens with one attached hydrogen (secondary N) is 1. The Morgan fingerprint density at radius 3 is 2.78 bits per heavy atom. The van der Waals surface area contributed by atoms with Gasteiger partial charge in [-0.1, -0.05) is 6.07 Å². The van der Waals surface area contributed by atoms with E-state index >= 15 is 0 Å². The summed E-state index contributed by atoms with van der Waals surface area (Å²) in [6.07, 6.45) is 0. The Kier molecular flexibility index (Phi) is 5.75. The Balaban J connectivity index is 2.54. The number of benzene rings is 1. The molecule has 1 aromatic rings. The van der Waals surface area contributed by atoms with Gasteiger partial charge < -0.3 is 10.2 Å². The second-order valence-corrected chi connectivity index (χ2v) is 5.06. The van der Waals surface area contributed by atoms with Crippen molar-refractivity contribution in [3.05, 3.63) is 34.1 Å². The standard InChI is InChI=1S/C13H18BrFN2O/c1-4-17(3)13(18)9(2)16-8-10-5-6-12(15)11(14)7-10/h5-7,9,16H,4,8H2,1-3H3. The molecule has 0 saturated heterocycles. The molecule has 1 N–H and O–H groups in total. The van der Waals surface area contributed by atoms with E-state index in [4.69, 9.17) is 0 Å². The third-order valence-electron chi connectivity index (χ3n) is 2.82. The van der Waals surface area contributed by atoms with Crippen molar-refractivity contribution in [2.24, 2.45) is 0 Å². The van der Waals surface area contributed by atoms with Crippen LogP contribution in [0.1, 0.15) is 19.4 Å². The summed E-state index contributed by atoms with van der Waals surface area (Å²) in [5, 5.41) is 3.13. The van der Waals surface area contributed by atoms with Crippen molar-refractivity contribution >= 4 is 21.8 Å². The molecule has 0 aliphatic rings. The van der Waals surface area contributed by atoms with Crippen LogP contribution in [0, 0.1) is 5.82 Å². The monoisotopic (exact) mass is 316 g/mol. The summed E-state index contributed by atoms with van der Waals surface area (Å²) in [6, 6.07) is 4.57. The van der Waals surface area contributed by atoms with Crippen LogP contribution in [-0.4, -0.2) is 30.4 Å². The van der Waals surface area contributed by atoms with Crippen molar-refractivity contribution in [3.8, 4) is 0 Å². The van der Waals surface area contributed by atoms with E-state index in [2.05, 4.69) is 21.2 Å². The van der Waals surface area contributed by atoms with Gasteiger partial charge in [-0.05, 0) is 47.5 Å². The Labute approximate surface area is 115 Å². The van der Waals surface area contributed by atoms with E-state index in [1.807, 2.05) is 13.8 Å². The highest BCUT2D eigenvalue weighted by atomic mass is 79.9. The number of likely N-dealkylation sites (N-methyl/N-ethyl adjacent to an activating group) is 1. The van der Waals surface area contributed by atoms with Gasteiger partial charge in [0.1, 0.15) is 5.82 Å². The molecule has 1 atom stereocenters. The molecule has 100 valence electrons. The van der Waals surface area contributed by atoms with Crippen molar-refractivity contribution in [2.45, 2.75) is 26.4 Å². The largest absolute Gasteiger partial charge is 0.345 e. The number of halogens is 2. The fraction of sp³-hybridized carbons (Fsp3) is 0.462. The molecule has 0 fully saturated rings. The molecular weight excluding hydrogens is 299 g/mol. The number of nitrogens with zero attached hydrogens (tertiary/aromatic N) is 1. The molecule has 1 amide bonds. The van der Waals surface area contributed by atoms with Crippen LogP contribution in [0.25, 0.3) is 0 Å². The number of hydrogen-bond donors (Lipinski definition) is 1. The second-order valence-electron chi connectivity index (χ2n) is 4.20. The number of carbonyl (C=O) groups is 1. The molecule has 3 nitrogen and oxygen atoms in total. The van der Waals surface area contributed by atoms with E-state index in [9.17, 15) is 9.18 Å². The van der Waals surface area contributed by atoms with Gasteiger partial charge in [-0.3, -0.25) is 4.79 Å². The molecule has 1 aromatic carbocycles. The maximum absolute atomic E-state index is 13.0. The van der Waals surface area contributed by atoms with Gasteiger partial charge in [0.05, 0.1) is 10.5 Å². The number of carbonyl (C=O) groups excluding carboxylic acids is 1. The predicted octanol–water partition coefficient (Wildman–Crippen LogP) is 2.54. The average molecular weight is 317 g/mol. The first-order valence-electron chi connectivity index (χ1n) is 5.88. The molecule has 1 rings (SSSR count). The highest BCUT2D eigenvalue weighted by Crippen LogP contribution is 2.16. The first kappa shape index (κ1) is 15.1. The molecule has 18 heavy (non-hydrogen) atoms. The molecule has 0 heterocycles. The molecule has 1 unspecified atom stereocenters. The summed E-state index contributed by atoms with van der Waals surface area (Å²) in [5.74, 6) is -0.229. The number of amides is 1. The Morgan fingerprint density at radius 1 is 1.56 bits per heavy atom. The Bertz CT molecular complexity index is 425. The first-order valence-corrected chi connectivity index (χ1v) is 6.67. The lowest BCUT2D eigenvalue weighted by Crippen LogP contribution is -2.42. The van der Waals surface area contributed by atoms with Crippen LogP contribution in [0.15, 0.2) is 22.7 Å². The summed E-state index contributed by atoms with van der Waals surface area (Å²) in [7, 11) is 1.77. The van der Waals surface area contributed by atoms with Crippen LogP contribution in [-0.2, 0) is 11.3 Å². The van der Waals surface area contributed by atoms with Gasteiger partial charge in [-0.2, -0.15) is 0 Å². The van der Waals surface area contributed by atoms with Crippen LogP contribution in [0.5, 0.6) is 0 Å². The van der Waals surface area contributed by atoms with Crippen LogP contribution in [0.4, 0.5) is 4.39 Å². The van der Waals surface area contributed by atoms with Gasteiger partial charge in [-0.25, -0.2) is 4.39 Å². The predicted molar refractivity (Wildman–Crippen MR) is 73.7 cm³/mol. The van der Waals surface area contributed by atoms with E-state index in [1.54, 1.807) is 24.1 Å². The summed E-state index contributed by atoms with van der Waals surface area (Å²) in [6.45, 7) is 4.98. The quantitative estimate of drug-likeness (QED) is 0.905. The van der Waals surface area contributed by atoms with Gasteiger partial charge in [0.2, 0.25) is 5.91 Å². The van der Waals surface area contributed by atoms with Gasteiger partial charge in [-0.15, -0.1) is 0 Å². The topological polar surface area (TPSA) is 32.3 Å². The maximum Gasteiger partial charge on any atom is 0.239 e. The summed E-state index contributed by atoms with van der Waals surface area (Å²) >= 11 is 3.14. The molecule has 0 radical (unpaired) electrons. The molecule has 0 saturated carbocycles. The Morgan fingerprint density at radius 2 is 2.22 bits per heavy atom. The molecule has 0 spiro atoms. The fourth-order valence-corrected chi connectivity index (χ4v) is 1.92. The van der Waals surface area contributed by atoms with Crippen LogP contribution in [0.3, 0.4) is 0 Å². The third kappa shape index (κ3) is 4.07. The van der Waals surface area contributed by atoms with Gasteiger partial charge in [0, 0.05) is 20.1 Å². The summed E-state index contributed by atoms with van der Waals surface area (Å²) in [5.41, 5.74) is 0.932. The average Bonchev–Trinajstić information content (AvgIpc) is 2.37. The summed E-state index contributed by atoms with van der Waals surface area (Å²) in [4.78, 5) is 13.5. The molecule has 0 aliphatic heterocycles. The minimum Gasteiger partial charge on any atom is -0.345 e. The molecule has 5 heteroatoms. The first-order chi connectivity index (χ1) is 8.45. The van der Waals surface area contributed by atoms with E-state index in [1.165, 1.54) is 6.07 Å². The zero-order valence-electron chi connectivity index (χ0n) is 10.8. The van der Waals surface area contributed by atoms with Crippen molar-refractivity contribution in [1.82, 2.24) is 10.2 Å². The van der Waals surface area contributed by atoms with Crippen molar-refractivity contribution < 1.29 is 9.18 Å². The van der Waals surface area contributed by atoms with Crippen molar-refractivity contribution in [2.75, 3.05) is 13.6 Å². The van der Waals surface area contributed by atoms with E-state index in [0.29, 0.717) is 17.6 Å². The summed E-state index contributed by atoms with van der Waals surface area (Å²) < 4.78 is 13.5. The highest BCUT2D eigenvalue weighted by Gasteiger charge is 2.15. The van der Waals surface area contributed by atoms with Gasteiger partial charge in [0.15, 0.2) is 0 Å². The fourth-order valence-electron chi connectivity index (χ4n) is 1.49. The molecule has 0 aromatic heterocycles. The lowest BCUT2D eigenvalue weighted by molar-refractivity contribution is -0.131. The minimum atomic E-state index is -0.284. The zero-order chi connectivity index (χ0) is 13.7. The Hall–Kier alpha value is -0.940. The van der Waals surface area contributed by atoms with E-state index < -0.39 is 0 Å². The molecule has 0 aliphatic carbocycles. The SMILES string of the molecule is CCN(C)C(=O)C(C)NCc1ccc(F)c(Br)c1. The van der Waals surface area contributed by atoms with Gasteiger partial charge >= 0.3 is 0 Å². The van der Waals surface area contributed by atoms with Crippen LogP contribution < -0.4 is 5.32 Å². The second kappa shape index (κ2) is 6.85. The zero-order valence-corrected chi connectivity index (χ0v) is 12.4. The third-order valence-corrected chi connectivity index (χ3v) is 3.43. The smallest absolute Gasteiger partial charge is 0.239 e. The maximum atomic E-state index is 13.0. The van der Waals surface area contributed by atoms with Crippen molar-refractivity contribution in [1.29, 1.82) is 0 Å². The highest BCUT2D eigenvalue weighted by molar-refractivity contribution is 9.10. The van der Waals surface area contributed by atoms with Crippen molar-refractivity contribution in [3.63, 3.8) is 0 Å². The van der Waals surface area contributed by atoms with E-state index in [-0.39, 0.29) is 17.8 Å². The number of hydrogen-bond acceptors (Lipinski definition) is 2. The van der Waals surface area contributed by atoms with Crippen LogP contribution >= 0.6 is 15.9 Å². The van der Waals surface area contributed by atoms with Gasteiger partial charge in [0.25, 0.3) is 0 Å². The van der Waals surface area contributed by atoms with E-state index in [0.717, 1.165) is 5.56 Å².